The summed E-state index contributed by atoms with van der Waals surface area (Å²) < 4.78 is 34.5. The Bertz CT molecular complexity index is 2060. The van der Waals surface area contributed by atoms with E-state index in [1.165, 1.54) is 340 Å². The van der Waals surface area contributed by atoms with Crippen molar-refractivity contribution in [1.29, 1.82) is 0 Å². The second-order valence-electron chi connectivity index (χ2n) is 33.1. The number of rotatable bonds is 76. The fourth-order valence-electron chi connectivity index (χ4n) is 15.9. The van der Waals surface area contributed by atoms with E-state index in [2.05, 4.69) is 31.3 Å². The summed E-state index contributed by atoms with van der Waals surface area (Å²) in [5, 5.41) is 121. The minimum atomic E-state index is -1.98. The number of hydrogen-bond donors (Lipinski definition) is 12. The van der Waals surface area contributed by atoms with Gasteiger partial charge in [-0.1, -0.05) is 385 Å². The summed E-state index contributed by atoms with van der Waals surface area (Å²) in [6.07, 6.45) is 62.0. The zero-order chi connectivity index (χ0) is 78.8. The van der Waals surface area contributed by atoms with Crippen LogP contribution in [0.3, 0.4) is 0 Å². The van der Waals surface area contributed by atoms with E-state index in [0.717, 1.165) is 44.9 Å². The van der Waals surface area contributed by atoms with Gasteiger partial charge in [0.2, 0.25) is 5.91 Å². The molecule has 644 valence electrons. The highest BCUT2D eigenvalue weighted by molar-refractivity contribution is 5.76. The molecule has 0 aromatic carbocycles. The monoisotopic (exact) mass is 1550 g/mol. The molecule has 109 heavy (non-hydrogen) atoms. The quantitative estimate of drug-likeness (QED) is 0.0199. The Labute approximate surface area is 664 Å². The topological polar surface area (TPSA) is 307 Å². The standard InChI is InChI=1S/C90H171NO18/c1-3-5-7-9-11-13-15-17-19-21-23-25-27-29-31-33-34-35-36-37-38-40-42-44-46-48-50-52-54-56-58-60-62-64-66-68-78(96)91-73(74(95)67-65-63-61-59-57-55-53-51-49-47-45-43-41-39-32-30-28-26-24-22-20-18-16-14-12-10-8-6-4-2)72-104-88-84(102)81(99)86(76(70-93)106-88)109-90-85(103)82(100)87(77(71-94)107-90)108-89-83(101)80(98)79(97)75(69-92)105-89/h21,23,65,67,73-77,79-90,92-95,97-103H,3-20,22,24-64,66,68-72H2,1-2H3,(H,91,96)/b23-21-,67-65+. The van der Waals surface area contributed by atoms with Gasteiger partial charge in [0, 0.05) is 6.42 Å². The third-order valence-corrected chi connectivity index (χ3v) is 23.2. The van der Waals surface area contributed by atoms with Crippen molar-refractivity contribution in [3.05, 3.63) is 24.3 Å². The van der Waals surface area contributed by atoms with Gasteiger partial charge in [-0.2, -0.15) is 0 Å². The zero-order valence-electron chi connectivity index (χ0n) is 69.6. The molecule has 0 aromatic heterocycles. The lowest BCUT2D eigenvalue weighted by molar-refractivity contribution is -0.379. The van der Waals surface area contributed by atoms with Gasteiger partial charge in [-0.05, 0) is 44.9 Å². The van der Waals surface area contributed by atoms with Crippen molar-refractivity contribution >= 4 is 5.91 Å². The Hall–Kier alpha value is -1.73. The molecule has 3 saturated heterocycles. The van der Waals surface area contributed by atoms with E-state index in [1.54, 1.807) is 6.08 Å². The predicted molar refractivity (Wildman–Crippen MR) is 439 cm³/mol. The van der Waals surface area contributed by atoms with Crippen molar-refractivity contribution in [2.75, 3.05) is 26.4 Å². The van der Waals surface area contributed by atoms with Crippen LogP contribution < -0.4 is 5.32 Å². The van der Waals surface area contributed by atoms with E-state index in [-0.39, 0.29) is 18.9 Å². The zero-order valence-corrected chi connectivity index (χ0v) is 69.6. The molecule has 3 aliphatic heterocycles. The summed E-state index contributed by atoms with van der Waals surface area (Å²) in [6, 6.07) is -0.973. The van der Waals surface area contributed by atoms with Gasteiger partial charge in [0.25, 0.3) is 0 Å². The molecule has 17 atom stereocenters. The number of ether oxygens (including phenoxy) is 6. The highest BCUT2D eigenvalue weighted by atomic mass is 16.8. The average molecular weight is 1560 g/mol. The van der Waals surface area contributed by atoms with Crippen LogP contribution in [-0.2, 0) is 33.2 Å². The van der Waals surface area contributed by atoms with Gasteiger partial charge in [0.15, 0.2) is 18.9 Å². The number of aliphatic hydroxyl groups excluding tert-OH is 11. The molecule has 0 aromatic rings. The van der Waals surface area contributed by atoms with Crippen LogP contribution in [0, 0.1) is 0 Å². The Morgan fingerprint density at radius 2 is 0.578 bits per heavy atom. The average Bonchev–Trinajstić information content (AvgIpc) is 0.749. The predicted octanol–water partition coefficient (Wildman–Crippen LogP) is 17.6. The number of unbranched alkanes of at least 4 members (excludes halogenated alkanes) is 58. The smallest absolute Gasteiger partial charge is 0.220 e. The van der Waals surface area contributed by atoms with Gasteiger partial charge in [-0.15, -0.1) is 0 Å². The lowest BCUT2D eigenvalue weighted by Crippen LogP contribution is -2.66. The van der Waals surface area contributed by atoms with Crippen LogP contribution in [0.5, 0.6) is 0 Å². The molecule has 12 N–H and O–H groups in total. The molecule has 3 fully saturated rings. The Morgan fingerprint density at radius 1 is 0.321 bits per heavy atom. The minimum absolute atomic E-state index is 0.249. The Morgan fingerprint density at radius 3 is 0.890 bits per heavy atom. The van der Waals surface area contributed by atoms with E-state index < -0.39 is 124 Å². The van der Waals surface area contributed by atoms with Crippen molar-refractivity contribution in [1.82, 2.24) is 5.32 Å². The summed E-state index contributed by atoms with van der Waals surface area (Å²) in [6.45, 7) is 1.81. The summed E-state index contributed by atoms with van der Waals surface area (Å²) >= 11 is 0. The lowest BCUT2D eigenvalue weighted by atomic mass is 9.96. The molecule has 19 nitrogen and oxygen atoms in total. The first-order valence-electron chi connectivity index (χ1n) is 46.1. The number of carbonyl (C=O) groups excluding carboxylic acids is 1. The molecular formula is C90H171NO18. The van der Waals surface area contributed by atoms with Crippen LogP contribution in [-0.4, -0.2) is 193 Å². The molecule has 0 bridgehead atoms. The number of aliphatic hydroxyl groups is 11. The summed E-state index contributed by atoms with van der Waals surface area (Å²) in [5.74, 6) is -0.265. The van der Waals surface area contributed by atoms with Crippen LogP contribution in [0.2, 0.25) is 0 Å². The van der Waals surface area contributed by atoms with Crippen molar-refractivity contribution in [3.8, 4) is 0 Å². The molecule has 0 spiro atoms. The summed E-state index contributed by atoms with van der Waals surface area (Å²) in [7, 11) is 0. The van der Waals surface area contributed by atoms with Gasteiger partial charge in [0.05, 0.1) is 38.6 Å². The van der Waals surface area contributed by atoms with Gasteiger partial charge >= 0.3 is 0 Å². The van der Waals surface area contributed by atoms with Crippen molar-refractivity contribution in [2.45, 2.75) is 516 Å². The second-order valence-corrected chi connectivity index (χ2v) is 33.1. The molecule has 0 radical (unpaired) electrons. The maximum atomic E-state index is 13.5. The molecule has 0 saturated carbocycles. The van der Waals surface area contributed by atoms with E-state index in [9.17, 15) is 61.0 Å². The van der Waals surface area contributed by atoms with E-state index in [4.69, 9.17) is 28.4 Å². The third-order valence-electron chi connectivity index (χ3n) is 23.2. The van der Waals surface area contributed by atoms with Crippen LogP contribution in [0.25, 0.3) is 0 Å². The maximum Gasteiger partial charge on any atom is 0.220 e. The fraction of sp³-hybridized carbons (Fsp3) is 0.944. The fourth-order valence-corrected chi connectivity index (χ4v) is 15.9. The van der Waals surface area contributed by atoms with Crippen molar-refractivity contribution in [3.63, 3.8) is 0 Å². The highest BCUT2D eigenvalue weighted by Gasteiger charge is 2.54. The largest absolute Gasteiger partial charge is 0.394 e. The van der Waals surface area contributed by atoms with Crippen LogP contribution in [0.4, 0.5) is 0 Å². The Balaban J connectivity index is 1.32. The first-order valence-corrected chi connectivity index (χ1v) is 46.1. The lowest BCUT2D eigenvalue weighted by Gasteiger charge is -2.48. The summed E-state index contributed by atoms with van der Waals surface area (Å²) in [5.41, 5.74) is 0. The van der Waals surface area contributed by atoms with Crippen molar-refractivity contribution in [2.24, 2.45) is 0 Å². The first kappa shape index (κ1) is 101. The Kier molecular flexibility index (Phi) is 65.6. The SMILES string of the molecule is CCCCCCCCCC/C=C\CCCCCCCCCCCCCCCCCCCCCCCCCC(=O)NC(COC1OC(CO)C(OC2OC(CO)C(OC3OC(CO)C(O)C(O)C3O)C(O)C2O)C(O)C1O)C(O)/C=C/CCCCCCCCCCCCCCCCCCCCCCCCCCCCC. The molecular weight excluding hydrogens is 1380 g/mol. The minimum Gasteiger partial charge on any atom is -0.394 e. The molecule has 3 heterocycles. The van der Waals surface area contributed by atoms with Gasteiger partial charge in [0.1, 0.15) is 73.2 Å². The first-order chi connectivity index (χ1) is 53.3. The molecule has 0 aliphatic carbocycles. The van der Waals surface area contributed by atoms with Crippen LogP contribution in [0.1, 0.15) is 412 Å². The van der Waals surface area contributed by atoms with Gasteiger partial charge in [-0.3, -0.25) is 4.79 Å². The number of hydrogen-bond acceptors (Lipinski definition) is 18. The number of amides is 1. The normalized spacial score (nSPS) is 25.3. The van der Waals surface area contributed by atoms with Crippen LogP contribution >= 0.6 is 0 Å². The van der Waals surface area contributed by atoms with Crippen molar-refractivity contribution < 1.29 is 89.4 Å². The molecule has 3 rings (SSSR count). The number of carbonyl (C=O) groups is 1. The number of allylic oxidation sites excluding steroid dienone is 3. The number of nitrogens with one attached hydrogen (secondary N) is 1. The molecule has 19 heteroatoms. The molecule has 17 unspecified atom stereocenters. The van der Waals surface area contributed by atoms with E-state index in [1.807, 2.05) is 6.08 Å². The van der Waals surface area contributed by atoms with Gasteiger partial charge < -0.3 is 89.9 Å². The highest BCUT2D eigenvalue weighted by Crippen LogP contribution is 2.34. The molecule has 1 amide bonds. The molecule has 3 aliphatic rings. The summed E-state index contributed by atoms with van der Waals surface area (Å²) in [4.78, 5) is 13.5. The van der Waals surface area contributed by atoms with E-state index >= 15 is 0 Å². The van der Waals surface area contributed by atoms with Crippen LogP contribution in [0.15, 0.2) is 24.3 Å². The third kappa shape index (κ3) is 49.2. The maximum absolute atomic E-state index is 13.5. The second kappa shape index (κ2) is 70.5. The van der Waals surface area contributed by atoms with Gasteiger partial charge in [-0.25, -0.2) is 0 Å². The van der Waals surface area contributed by atoms with E-state index in [0.29, 0.717) is 6.42 Å².